The number of thioether (sulfide) groups is 1. The lowest BCUT2D eigenvalue weighted by Crippen LogP contribution is -2.43. The maximum absolute atomic E-state index is 5.64. The number of rotatable bonds is 5. The fourth-order valence-electron chi connectivity index (χ4n) is 0.871. The summed E-state index contributed by atoms with van der Waals surface area (Å²) in [4.78, 5) is 8.19. The van der Waals surface area contributed by atoms with E-state index in [1.54, 1.807) is 13.3 Å². The van der Waals surface area contributed by atoms with Crippen molar-refractivity contribution in [3.63, 3.8) is 0 Å². The molecule has 12 heteroatoms. The monoisotopic (exact) mass is 281 g/mol. The van der Waals surface area contributed by atoms with Crippen LogP contribution >= 0.6 is 23.4 Å². The van der Waals surface area contributed by atoms with E-state index in [-0.39, 0.29) is 6.39 Å². The Kier molecular flexibility index (Phi) is 10.7. The minimum Gasteiger partial charge on any atom is -0.481 e. The van der Waals surface area contributed by atoms with Crippen LogP contribution in [0.5, 0.6) is 5.88 Å². The van der Waals surface area contributed by atoms with Gasteiger partial charge >= 0.3 is 0 Å². The van der Waals surface area contributed by atoms with Crippen molar-refractivity contribution < 1.29 is 4.74 Å². The highest BCUT2D eigenvalue weighted by Crippen LogP contribution is 2.19. The third kappa shape index (κ3) is 7.35. The molecule has 0 aliphatic heterocycles. The van der Waals surface area contributed by atoms with Crippen LogP contribution in [0.3, 0.4) is 0 Å². The minimum absolute atomic E-state index is 0.373. The molecule has 0 saturated carbocycles. The van der Waals surface area contributed by atoms with Gasteiger partial charge in [-0.05, 0) is 6.26 Å². The summed E-state index contributed by atoms with van der Waals surface area (Å²) in [6.07, 6.45) is 2.67. The second-order valence-electron chi connectivity index (χ2n) is 3.37. The first-order valence-corrected chi connectivity index (χ1v) is 7.07. The highest BCUT2D eigenvalue weighted by Gasteiger charge is 2.06. The fourth-order valence-corrected chi connectivity index (χ4v) is 1.39. The van der Waals surface area contributed by atoms with Gasteiger partial charge in [0.2, 0.25) is 5.88 Å². The molecule has 0 aliphatic rings. The number of ether oxygens (including phenoxy) is 1. The zero-order valence-corrected chi connectivity index (χ0v) is 12.5. The first kappa shape index (κ1) is 19.0. The van der Waals surface area contributed by atoms with Gasteiger partial charge in [0.1, 0.15) is 0 Å². The van der Waals surface area contributed by atoms with Gasteiger partial charge in [-0.15, -0.1) is 11.6 Å². The molecule has 0 amide bonds. The molecule has 0 unspecified atom stereocenters. The maximum atomic E-state index is 5.64. The van der Waals surface area contributed by atoms with Gasteiger partial charge in [0.15, 0.2) is 5.16 Å². The van der Waals surface area contributed by atoms with Crippen molar-refractivity contribution in [2.45, 2.75) is 11.0 Å². The number of halogens is 1. The SMILES string of the molecule is COc1nc(SC)ncc1CCl.[B][B]B([B])B([B])[B]. The topological polar surface area (TPSA) is 35.0 Å². The number of aromatic nitrogens is 2. The van der Waals surface area contributed by atoms with E-state index in [1.807, 2.05) is 6.26 Å². The van der Waals surface area contributed by atoms with Gasteiger partial charge in [-0.25, -0.2) is 4.98 Å². The van der Waals surface area contributed by atoms with Crippen molar-refractivity contribution in [1.29, 1.82) is 0 Å². The molecule has 9 radical (unpaired) electrons. The quantitative estimate of drug-likeness (QED) is 0.309. The summed E-state index contributed by atoms with van der Waals surface area (Å²) in [7, 11) is 23.2. The molecule has 0 atom stereocenters. The number of methoxy groups -OCH3 is 1. The molecular formula is C7H9B7ClN2OS. The molecule has 3 nitrogen and oxygen atoms in total. The molecule has 0 aliphatic carbocycles. The summed E-state index contributed by atoms with van der Waals surface area (Å²) in [5.74, 6) is 0.932. The predicted molar refractivity (Wildman–Crippen MR) is 90.2 cm³/mol. The minimum atomic E-state index is -0.537. The Morgan fingerprint density at radius 2 is 2.11 bits per heavy atom. The van der Waals surface area contributed by atoms with Gasteiger partial charge in [0.25, 0.3) is 0 Å². The first-order chi connectivity index (χ1) is 8.99. The second kappa shape index (κ2) is 10.7. The molecular weight excluding hydrogens is 271 g/mol. The van der Waals surface area contributed by atoms with Gasteiger partial charge in [-0.2, -0.15) is 4.98 Å². The third-order valence-corrected chi connectivity index (χ3v) is 2.84. The van der Waals surface area contributed by atoms with Crippen molar-refractivity contribution in [3.8, 4) is 5.88 Å². The molecule has 0 spiro atoms. The fraction of sp³-hybridized carbons (Fsp3) is 0.429. The van der Waals surface area contributed by atoms with E-state index in [1.165, 1.54) is 18.8 Å². The molecule has 0 fully saturated rings. The Bertz CT molecular complexity index is 375. The lowest BCUT2D eigenvalue weighted by atomic mass is 8.76. The predicted octanol–water partition coefficient (Wildman–Crippen LogP) is -0.720. The Morgan fingerprint density at radius 1 is 1.47 bits per heavy atom. The molecule has 1 aromatic rings. The van der Waals surface area contributed by atoms with Gasteiger partial charge in [-0.1, -0.05) is 11.8 Å². The van der Waals surface area contributed by atoms with Gasteiger partial charge < -0.3 is 4.74 Å². The lowest BCUT2D eigenvalue weighted by Gasteiger charge is -2.05. The Hall–Kier alpha value is -0.0255. The molecule has 1 heterocycles. The molecule has 0 bridgehead atoms. The first-order valence-electron chi connectivity index (χ1n) is 5.31. The van der Waals surface area contributed by atoms with E-state index < -0.39 is 6.39 Å². The Balaban J connectivity index is 0.000000399. The van der Waals surface area contributed by atoms with Crippen molar-refractivity contribution in [2.24, 2.45) is 0 Å². The molecule has 1 rings (SSSR count). The molecule has 0 aromatic carbocycles. The van der Waals surface area contributed by atoms with E-state index in [0.717, 1.165) is 5.56 Å². The lowest BCUT2D eigenvalue weighted by molar-refractivity contribution is 0.388. The van der Waals surface area contributed by atoms with E-state index in [4.69, 9.17) is 47.3 Å². The number of alkyl halides is 1. The normalized spacial score (nSPS) is 9.00. The molecule has 87 valence electrons. The maximum Gasteiger partial charge on any atom is 0.221 e. The van der Waals surface area contributed by atoms with Crippen molar-refractivity contribution in [3.05, 3.63) is 11.8 Å². The van der Waals surface area contributed by atoms with Crippen LogP contribution in [0.15, 0.2) is 11.4 Å². The van der Waals surface area contributed by atoms with E-state index in [9.17, 15) is 0 Å². The summed E-state index contributed by atoms with van der Waals surface area (Å²) >= 11 is 7.11. The molecule has 1 aromatic heterocycles. The number of hydrogen-bond acceptors (Lipinski definition) is 4. The summed E-state index contributed by atoms with van der Waals surface area (Å²) in [6.45, 7) is 0. The Morgan fingerprint density at radius 3 is 2.42 bits per heavy atom. The average Bonchev–Trinajstić information content (AvgIpc) is 2.45. The third-order valence-electron chi connectivity index (χ3n) is 1.99. The number of nitrogens with zero attached hydrogens (tertiary/aromatic N) is 2. The second-order valence-corrected chi connectivity index (χ2v) is 4.41. The summed E-state index contributed by atoms with van der Waals surface area (Å²) < 4.78 is 5.03. The highest BCUT2D eigenvalue weighted by molar-refractivity contribution is 7.98. The highest BCUT2D eigenvalue weighted by atomic mass is 35.5. The van der Waals surface area contributed by atoms with Crippen LogP contribution in [-0.4, -0.2) is 74.1 Å². The van der Waals surface area contributed by atoms with E-state index in [0.29, 0.717) is 16.9 Å². The number of hydrogen-bond donors (Lipinski definition) is 0. The Labute approximate surface area is 131 Å². The van der Waals surface area contributed by atoms with Gasteiger partial charge in [-0.3, -0.25) is 0 Å². The molecule has 0 N–H and O–H groups in total. The summed E-state index contributed by atoms with van der Waals surface area (Å²) in [5, 5.41) is 0.695. The average molecular weight is 280 g/mol. The van der Waals surface area contributed by atoms with Crippen LogP contribution in [0.4, 0.5) is 0 Å². The largest absolute Gasteiger partial charge is 0.481 e. The van der Waals surface area contributed by atoms with Crippen LogP contribution in [0, 0.1) is 0 Å². The van der Waals surface area contributed by atoms with E-state index >= 15 is 0 Å². The van der Waals surface area contributed by atoms with Crippen LogP contribution in [0.1, 0.15) is 5.56 Å². The molecule has 0 saturated heterocycles. The van der Waals surface area contributed by atoms with Gasteiger partial charge in [0.05, 0.1) is 13.0 Å². The van der Waals surface area contributed by atoms with Crippen molar-refractivity contribution in [1.82, 2.24) is 9.97 Å². The zero-order chi connectivity index (χ0) is 14.8. The summed E-state index contributed by atoms with van der Waals surface area (Å²) in [5.41, 5.74) is 0.817. The van der Waals surface area contributed by atoms with Crippen molar-refractivity contribution in [2.75, 3.05) is 13.4 Å². The van der Waals surface area contributed by atoms with Crippen LogP contribution < -0.4 is 4.74 Å². The standard InChI is InChI=1S/C7H9ClN2OS.B7/c1-11-6-5(3-8)4-9-7(10-6)12-2;1-5-7(4)6(2)3/h4H,3H2,1-2H3;. The van der Waals surface area contributed by atoms with Crippen molar-refractivity contribution >= 4 is 74.1 Å². The smallest absolute Gasteiger partial charge is 0.221 e. The molecule has 19 heavy (non-hydrogen) atoms. The zero-order valence-electron chi connectivity index (χ0n) is 10.9. The van der Waals surface area contributed by atoms with E-state index in [2.05, 4.69) is 9.97 Å². The van der Waals surface area contributed by atoms with Crippen LogP contribution in [0.25, 0.3) is 0 Å². The van der Waals surface area contributed by atoms with Gasteiger partial charge in [0, 0.05) is 62.5 Å². The van der Waals surface area contributed by atoms with Crippen LogP contribution in [0.2, 0.25) is 0 Å². The summed E-state index contributed by atoms with van der Waals surface area (Å²) in [6, 6.07) is 0. The van der Waals surface area contributed by atoms with Crippen LogP contribution in [-0.2, 0) is 5.88 Å².